The van der Waals surface area contributed by atoms with E-state index in [0.717, 1.165) is 31.4 Å². The van der Waals surface area contributed by atoms with Crippen molar-refractivity contribution in [2.45, 2.75) is 38.8 Å². The first-order valence-corrected chi connectivity index (χ1v) is 6.64. The average Bonchev–Trinajstić information content (AvgIpc) is 2.83. The van der Waals surface area contributed by atoms with E-state index in [1.54, 1.807) is 12.4 Å². The van der Waals surface area contributed by atoms with Crippen molar-refractivity contribution >= 4 is 5.91 Å². The molecule has 0 aromatic carbocycles. The zero-order chi connectivity index (χ0) is 13.0. The summed E-state index contributed by atoms with van der Waals surface area (Å²) in [5, 5.41) is 0. The van der Waals surface area contributed by atoms with Gasteiger partial charge in [0.25, 0.3) is 0 Å². The average molecular weight is 247 g/mol. The highest BCUT2D eigenvalue weighted by atomic mass is 16.2. The summed E-state index contributed by atoms with van der Waals surface area (Å²) in [5.74, 6) is 0.379. The molecule has 1 saturated carbocycles. The summed E-state index contributed by atoms with van der Waals surface area (Å²) in [6, 6.07) is 4.12. The zero-order valence-corrected chi connectivity index (χ0v) is 10.9. The second-order valence-corrected chi connectivity index (χ2v) is 4.98. The molecule has 2 N–H and O–H groups in total. The van der Waals surface area contributed by atoms with Gasteiger partial charge >= 0.3 is 0 Å². The van der Waals surface area contributed by atoms with Gasteiger partial charge in [0.15, 0.2) is 0 Å². The van der Waals surface area contributed by atoms with E-state index < -0.39 is 0 Å². The van der Waals surface area contributed by atoms with Gasteiger partial charge in [-0.2, -0.15) is 0 Å². The molecule has 0 aliphatic heterocycles. The number of pyridine rings is 1. The summed E-state index contributed by atoms with van der Waals surface area (Å²) in [7, 11) is 0. The van der Waals surface area contributed by atoms with Crippen LogP contribution in [0.2, 0.25) is 0 Å². The van der Waals surface area contributed by atoms with Crippen LogP contribution < -0.4 is 5.73 Å². The summed E-state index contributed by atoms with van der Waals surface area (Å²) in [6.45, 7) is 3.43. The third-order valence-electron chi connectivity index (χ3n) is 3.64. The predicted octanol–water partition coefficient (Wildman–Crippen LogP) is 1.56. The fourth-order valence-corrected chi connectivity index (χ4v) is 2.55. The Morgan fingerprint density at radius 2 is 2.17 bits per heavy atom. The third-order valence-corrected chi connectivity index (χ3v) is 3.64. The Morgan fingerprint density at radius 3 is 2.72 bits per heavy atom. The number of hydrogen-bond donors (Lipinski definition) is 1. The monoisotopic (exact) mass is 247 g/mol. The van der Waals surface area contributed by atoms with Crippen molar-refractivity contribution in [2.75, 3.05) is 6.54 Å². The van der Waals surface area contributed by atoms with Gasteiger partial charge in [-0.25, -0.2) is 0 Å². The summed E-state index contributed by atoms with van der Waals surface area (Å²) >= 11 is 0. The van der Waals surface area contributed by atoms with E-state index in [-0.39, 0.29) is 17.9 Å². The molecule has 0 spiro atoms. The fourth-order valence-electron chi connectivity index (χ4n) is 2.55. The minimum Gasteiger partial charge on any atom is -0.338 e. The molecule has 2 atom stereocenters. The highest BCUT2D eigenvalue weighted by Gasteiger charge is 2.30. The number of rotatable bonds is 4. The minimum atomic E-state index is 0.127. The lowest BCUT2D eigenvalue weighted by Crippen LogP contribution is -2.35. The maximum Gasteiger partial charge on any atom is 0.226 e. The van der Waals surface area contributed by atoms with Gasteiger partial charge < -0.3 is 10.6 Å². The number of nitrogens with two attached hydrogens (primary N) is 1. The molecule has 4 nitrogen and oxygen atoms in total. The van der Waals surface area contributed by atoms with Crippen molar-refractivity contribution in [1.82, 2.24) is 9.88 Å². The molecule has 0 radical (unpaired) electrons. The van der Waals surface area contributed by atoms with Crippen molar-refractivity contribution in [3.63, 3.8) is 0 Å². The van der Waals surface area contributed by atoms with Crippen LogP contribution in [0, 0.1) is 5.92 Å². The highest BCUT2D eigenvalue weighted by Crippen LogP contribution is 2.26. The normalized spacial score (nSPS) is 23.0. The van der Waals surface area contributed by atoms with Gasteiger partial charge in [-0.1, -0.05) is 0 Å². The molecule has 18 heavy (non-hydrogen) atoms. The van der Waals surface area contributed by atoms with Gasteiger partial charge in [-0.15, -0.1) is 0 Å². The van der Waals surface area contributed by atoms with E-state index in [2.05, 4.69) is 4.98 Å². The Morgan fingerprint density at radius 1 is 1.44 bits per heavy atom. The number of aromatic nitrogens is 1. The van der Waals surface area contributed by atoms with Crippen LogP contribution in [0.15, 0.2) is 24.5 Å². The first-order valence-electron chi connectivity index (χ1n) is 6.64. The number of nitrogens with zero attached hydrogens (tertiary/aromatic N) is 2. The number of hydrogen-bond acceptors (Lipinski definition) is 3. The molecule has 1 aromatic heterocycles. The summed E-state index contributed by atoms with van der Waals surface area (Å²) < 4.78 is 0. The SMILES string of the molecule is CCN(Cc1ccncc1)C(=O)C1CCC(N)C1. The van der Waals surface area contributed by atoms with Gasteiger partial charge in [0, 0.05) is 37.4 Å². The summed E-state index contributed by atoms with van der Waals surface area (Å²) in [6.07, 6.45) is 6.28. The Hall–Kier alpha value is -1.42. The van der Waals surface area contributed by atoms with Gasteiger partial charge in [-0.3, -0.25) is 9.78 Å². The zero-order valence-electron chi connectivity index (χ0n) is 10.9. The second-order valence-electron chi connectivity index (χ2n) is 4.98. The molecule has 1 aliphatic carbocycles. The maximum absolute atomic E-state index is 12.4. The molecule has 4 heteroatoms. The lowest BCUT2D eigenvalue weighted by molar-refractivity contribution is -0.135. The first kappa shape index (κ1) is 13.0. The molecule has 1 amide bonds. The first-order chi connectivity index (χ1) is 8.70. The standard InChI is InChI=1S/C14H21N3O/c1-2-17(10-11-5-7-16-8-6-11)14(18)12-3-4-13(15)9-12/h5-8,12-13H,2-4,9-10,15H2,1H3. The van der Waals surface area contributed by atoms with Crippen LogP contribution in [-0.4, -0.2) is 28.4 Å². The molecule has 1 aliphatic rings. The molecule has 0 saturated heterocycles. The Bertz CT molecular complexity index is 393. The van der Waals surface area contributed by atoms with Crippen molar-refractivity contribution in [3.8, 4) is 0 Å². The molecule has 1 heterocycles. The van der Waals surface area contributed by atoms with Crippen LogP contribution in [0.4, 0.5) is 0 Å². The third kappa shape index (κ3) is 3.07. The molecular weight excluding hydrogens is 226 g/mol. The molecule has 1 aromatic rings. The molecular formula is C14H21N3O. The molecule has 2 unspecified atom stereocenters. The Labute approximate surface area is 108 Å². The van der Waals surface area contributed by atoms with E-state index >= 15 is 0 Å². The molecule has 98 valence electrons. The summed E-state index contributed by atoms with van der Waals surface area (Å²) in [5.41, 5.74) is 7.01. The molecule has 0 bridgehead atoms. The number of carbonyl (C=O) groups excluding carboxylic acids is 1. The van der Waals surface area contributed by atoms with Crippen LogP contribution in [0.25, 0.3) is 0 Å². The van der Waals surface area contributed by atoms with E-state index in [9.17, 15) is 4.79 Å². The number of amides is 1. The topological polar surface area (TPSA) is 59.2 Å². The maximum atomic E-state index is 12.4. The largest absolute Gasteiger partial charge is 0.338 e. The van der Waals surface area contributed by atoms with Crippen LogP contribution in [0.5, 0.6) is 0 Å². The van der Waals surface area contributed by atoms with E-state index in [1.165, 1.54) is 0 Å². The molecule has 2 rings (SSSR count). The fraction of sp³-hybridized carbons (Fsp3) is 0.571. The van der Waals surface area contributed by atoms with Gasteiger partial charge in [0.1, 0.15) is 0 Å². The van der Waals surface area contributed by atoms with E-state index in [1.807, 2.05) is 24.0 Å². The van der Waals surface area contributed by atoms with Gasteiger partial charge in [-0.05, 0) is 43.9 Å². The predicted molar refractivity (Wildman–Crippen MR) is 70.6 cm³/mol. The van der Waals surface area contributed by atoms with E-state index in [0.29, 0.717) is 6.54 Å². The van der Waals surface area contributed by atoms with Crippen LogP contribution in [0.1, 0.15) is 31.7 Å². The van der Waals surface area contributed by atoms with Crippen molar-refractivity contribution < 1.29 is 4.79 Å². The lowest BCUT2D eigenvalue weighted by Gasteiger charge is -2.24. The minimum absolute atomic E-state index is 0.127. The quantitative estimate of drug-likeness (QED) is 0.878. The Balaban J connectivity index is 1.98. The van der Waals surface area contributed by atoms with Crippen LogP contribution in [0.3, 0.4) is 0 Å². The van der Waals surface area contributed by atoms with E-state index in [4.69, 9.17) is 5.73 Å². The molecule has 1 fully saturated rings. The van der Waals surface area contributed by atoms with Crippen molar-refractivity contribution in [3.05, 3.63) is 30.1 Å². The van der Waals surface area contributed by atoms with Crippen molar-refractivity contribution in [2.24, 2.45) is 11.7 Å². The van der Waals surface area contributed by atoms with Gasteiger partial charge in [0.2, 0.25) is 5.91 Å². The van der Waals surface area contributed by atoms with Crippen LogP contribution in [-0.2, 0) is 11.3 Å². The smallest absolute Gasteiger partial charge is 0.226 e. The highest BCUT2D eigenvalue weighted by molar-refractivity contribution is 5.79. The van der Waals surface area contributed by atoms with Gasteiger partial charge in [0.05, 0.1) is 0 Å². The second kappa shape index (κ2) is 5.96. The Kier molecular flexibility index (Phi) is 4.31. The van der Waals surface area contributed by atoms with Crippen LogP contribution >= 0.6 is 0 Å². The van der Waals surface area contributed by atoms with Crippen molar-refractivity contribution in [1.29, 1.82) is 0 Å². The number of carbonyl (C=O) groups is 1. The summed E-state index contributed by atoms with van der Waals surface area (Å²) in [4.78, 5) is 18.3. The lowest BCUT2D eigenvalue weighted by atomic mass is 10.1.